The molecule has 2 aliphatic carbocycles. The van der Waals surface area contributed by atoms with E-state index in [0.717, 1.165) is 29.7 Å². The molecule has 4 heterocycles. The summed E-state index contributed by atoms with van der Waals surface area (Å²) in [7, 11) is 0. The van der Waals surface area contributed by atoms with Crippen LogP contribution in [0.3, 0.4) is 0 Å². The van der Waals surface area contributed by atoms with Gasteiger partial charge in [0.15, 0.2) is 11.5 Å². The monoisotopic (exact) mass is 524 g/mol. The average molecular weight is 525 g/mol. The van der Waals surface area contributed by atoms with Gasteiger partial charge in [0.05, 0.1) is 25.3 Å². The number of H-pyrrole nitrogens is 1. The van der Waals surface area contributed by atoms with E-state index in [2.05, 4.69) is 52.6 Å². The molecule has 0 amide bonds. The summed E-state index contributed by atoms with van der Waals surface area (Å²) in [5.74, 6) is 3.53. The number of imidazole rings is 1. The molecule has 0 unspecified atom stereocenters. The molecule has 3 aliphatic rings. The van der Waals surface area contributed by atoms with Gasteiger partial charge in [-0.3, -0.25) is 9.51 Å². The smallest absolute Gasteiger partial charge is 0.377 e. The molecule has 0 bridgehead atoms. The summed E-state index contributed by atoms with van der Waals surface area (Å²) < 4.78 is 13.0. The number of nitrogens with zero attached hydrogens (tertiary/aromatic N) is 6. The van der Waals surface area contributed by atoms with E-state index in [1.54, 1.807) is 0 Å². The van der Waals surface area contributed by atoms with Crippen LogP contribution in [0.15, 0.2) is 9.32 Å². The Morgan fingerprint density at radius 3 is 2.39 bits per heavy atom. The quantitative estimate of drug-likeness (QED) is 0.467. The van der Waals surface area contributed by atoms with E-state index >= 15 is 0 Å². The van der Waals surface area contributed by atoms with Gasteiger partial charge in [-0.25, -0.2) is 14.8 Å². The Morgan fingerprint density at radius 1 is 1.03 bits per heavy atom. The highest BCUT2D eigenvalue weighted by molar-refractivity contribution is 5.87. The molecule has 2 N–H and O–H groups in total. The van der Waals surface area contributed by atoms with E-state index in [9.17, 15) is 4.79 Å². The van der Waals surface area contributed by atoms with Gasteiger partial charge in [-0.05, 0) is 64.2 Å². The lowest BCUT2D eigenvalue weighted by molar-refractivity contribution is 0.0741. The fourth-order valence-corrected chi connectivity index (χ4v) is 6.37. The number of rotatable bonds is 7. The number of nitrogens with one attached hydrogen (secondary N) is 2. The molecule has 38 heavy (non-hydrogen) atoms. The van der Waals surface area contributed by atoms with Crippen LogP contribution in [0.4, 0.5) is 11.8 Å². The van der Waals surface area contributed by atoms with Gasteiger partial charge in [-0.1, -0.05) is 31.3 Å². The molecule has 3 aromatic rings. The van der Waals surface area contributed by atoms with Crippen LogP contribution in [0.25, 0.3) is 22.8 Å². The van der Waals surface area contributed by atoms with Crippen molar-refractivity contribution in [2.75, 3.05) is 23.4 Å². The van der Waals surface area contributed by atoms with E-state index in [0.29, 0.717) is 36.5 Å². The van der Waals surface area contributed by atoms with Crippen molar-refractivity contribution in [3.05, 3.63) is 10.6 Å². The second-order valence-electron chi connectivity index (χ2n) is 11.9. The van der Waals surface area contributed by atoms with Gasteiger partial charge in [-0.15, -0.1) is 0 Å². The van der Waals surface area contributed by atoms with Gasteiger partial charge < -0.3 is 19.5 Å². The number of fused-ring (bicyclic) bond motifs is 1. The van der Waals surface area contributed by atoms with E-state index in [-0.39, 0.29) is 23.9 Å². The summed E-state index contributed by atoms with van der Waals surface area (Å²) in [6.07, 6.45) is 8.68. The lowest BCUT2D eigenvalue weighted by Crippen LogP contribution is -2.51. The van der Waals surface area contributed by atoms with E-state index in [1.165, 1.54) is 44.9 Å². The van der Waals surface area contributed by atoms with Crippen LogP contribution in [-0.2, 0) is 11.3 Å². The fourth-order valence-electron chi connectivity index (χ4n) is 6.37. The van der Waals surface area contributed by atoms with Crippen LogP contribution < -0.4 is 16.0 Å². The highest BCUT2D eigenvalue weighted by Crippen LogP contribution is 2.37. The maximum absolute atomic E-state index is 11.7. The normalized spacial score (nSPS) is 27.4. The van der Waals surface area contributed by atoms with Crippen LogP contribution in [0.1, 0.15) is 72.6 Å². The second-order valence-corrected chi connectivity index (χ2v) is 11.9. The Hall–Kier alpha value is -2.95. The zero-order valence-corrected chi connectivity index (χ0v) is 22.9. The average Bonchev–Trinajstić information content (AvgIpc) is 3.43. The molecule has 1 aliphatic heterocycles. The molecular formula is C27H40N8O3. The first kappa shape index (κ1) is 25.3. The van der Waals surface area contributed by atoms with Gasteiger partial charge in [0.25, 0.3) is 0 Å². The molecule has 3 aromatic heterocycles. The number of hydrogen-bond acceptors (Lipinski definition) is 9. The maximum Gasteiger partial charge on any atom is 0.439 e. The fraction of sp³-hybridized carbons (Fsp3) is 0.741. The van der Waals surface area contributed by atoms with Crippen molar-refractivity contribution in [3.8, 4) is 11.6 Å². The summed E-state index contributed by atoms with van der Waals surface area (Å²) >= 11 is 0. The first-order valence-electron chi connectivity index (χ1n) is 14.3. The Bertz CT molecular complexity index is 1310. The minimum atomic E-state index is -0.630. The lowest BCUT2D eigenvalue weighted by atomic mass is 9.80. The van der Waals surface area contributed by atoms with Crippen LogP contribution in [0.5, 0.6) is 0 Å². The molecule has 0 aromatic carbocycles. The van der Waals surface area contributed by atoms with Crippen molar-refractivity contribution in [2.45, 2.75) is 97.3 Å². The van der Waals surface area contributed by atoms with Crippen LogP contribution in [0.2, 0.25) is 0 Å². The Labute approximate surface area is 222 Å². The van der Waals surface area contributed by atoms with Crippen molar-refractivity contribution in [3.63, 3.8) is 0 Å². The van der Waals surface area contributed by atoms with E-state index in [1.807, 2.05) is 0 Å². The predicted molar refractivity (Wildman–Crippen MR) is 145 cm³/mol. The third-order valence-electron chi connectivity index (χ3n) is 8.93. The van der Waals surface area contributed by atoms with E-state index < -0.39 is 5.76 Å². The molecule has 11 heteroatoms. The van der Waals surface area contributed by atoms with Crippen LogP contribution in [0, 0.1) is 17.8 Å². The highest BCUT2D eigenvalue weighted by atomic mass is 16.5. The molecular weight excluding hydrogens is 484 g/mol. The van der Waals surface area contributed by atoms with Crippen molar-refractivity contribution in [1.29, 1.82) is 0 Å². The van der Waals surface area contributed by atoms with Crippen LogP contribution in [-0.4, -0.2) is 61.0 Å². The molecule has 0 radical (unpaired) electrons. The third kappa shape index (κ3) is 4.81. The number of morpholine rings is 1. The Kier molecular flexibility index (Phi) is 6.88. The minimum absolute atomic E-state index is 0.185. The molecule has 11 nitrogen and oxygen atoms in total. The number of aromatic nitrogens is 6. The van der Waals surface area contributed by atoms with Gasteiger partial charge in [0, 0.05) is 12.6 Å². The lowest BCUT2D eigenvalue weighted by Gasteiger charge is -2.40. The zero-order valence-electron chi connectivity index (χ0n) is 22.9. The molecule has 206 valence electrons. The predicted octanol–water partition coefficient (Wildman–Crippen LogP) is 4.21. The minimum Gasteiger partial charge on any atom is -0.377 e. The standard InChI is InChI=1S/C27H40N8O3/c1-15-8-10-19(11-9-15)12-34-21-22(28-18(4)20-6-5-7-20)29-24(25-32-27(36)38-33-25)30-23(21)31-26(34)35-16(2)13-37-14-17(35)3/h15-20H,5-14H2,1-4H3,(H,28,29,30)(H,32,33,36)/t15?,16-,17-,18-,19?/m1/s1. The van der Waals surface area contributed by atoms with Crippen LogP contribution >= 0.6 is 0 Å². The number of anilines is 2. The Morgan fingerprint density at radius 2 is 1.76 bits per heavy atom. The van der Waals surface area contributed by atoms with Gasteiger partial charge in [-0.2, -0.15) is 4.98 Å². The maximum atomic E-state index is 11.7. The summed E-state index contributed by atoms with van der Waals surface area (Å²) in [4.78, 5) is 31.6. The molecule has 0 spiro atoms. The first-order chi connectivity index (χ1) is 18.4. The van der Waals surface area contributed by atoms with Crippen molar-refractivity contribution in [1.82, 2.24) is 29.7 Å². The molecule has 6 rings (SSSR count). The van der Waals surface area contributed by atoms with Crippen molar-refractivity contribution < 1.29 is 9.26 Å². The van der Waals surface area contributed by atoms with Gasteiger partial charge >= 0.3 is 5.76 Å². The van der Waals surface area contributed by atoms with Gasteiger partial charge in [0.1, 0.15) is 5.52 Å². The Balaban J connectivity index is 1.50. The van der Waals surface area contributed by atoms with Crippen molar-refractivity contribution >= 4 is 22.9 Å². The zero-order chi connectivity index (χ0) is 26.4. The molecule has 3 atom stereocenters. The summed E-state index contributed by atoms with van der Waals surface area (Å²) in [5.41, 5.74) is 1.53. The summed E-state index contributed by atoms with van der Waals surface area (Å²) in [6, 6.07) is 0.630. The summed E-state index contributed by atoms with van der Waals surface area (Å²) in [6.45, 7) is 11.2. The van der Waals surface area contributed by atoms with Gasteiger partial charge in [0.2, 0.25) is 17.6 Å². The number of aromatic amines is 1. The number of ether oxygens (including phenoxy) is 1. The topological polar surface area (TPSA) is 127 Å². The number of hydrogen-bond donors (Lipinski definition) is 2. The first-order valence-corrected chi connectivity index (χ1v) is 14.3. The molecule has 2 saturated carbocycles. The second kappa shape index (κ2) is 10.3. The highest BCUT2D eigenvalue weighted by Gasteiger charge is 2.33. The van der Waals surface area contributed by atoms with Crippen molar-refractivity contribution in [2.24, 2.45) is 17.8 Å². The third-order valence-corrected chi connectivity index (χ3v) is 8.93. The molecule has 3 fully saturated rings. The SMILES string of the molecule is CC1CCC(Cn2c(N3[C@H](C)COC[C@H]3C)nc3nc(-c4noc(=O)[nH]4)nc(N[C@H](C)C4CCC4)c32)CC1. The molecule has 1 saturated heterocycles. The largest absolute Gasteiger partial charge is 0.439 e. The summed E-state index contributed by atoms with van der Waals surface area (Å²) in [5, 5.41) is 7.58. The van der Waals surface area contributed by atoms with E-state index in [4.69, 9.17) is 24.2 Å².